The number of aromatic nitrogens is 4. The fraction of sp³-hybridized carbons (Fsp3) is 0.487. The van der Waals surface area contributed by atoms with Crippen molar-refractivity contribution in [3.63, 3.8) is 0 Å². The normalized spacial score (nSPS) is 23.2. The van der Waals surface area contributed by atoms with Crippen LogP contribution in [0.25, 0.3) is 5.82 Å². The molecule has 1 aromatic carbocycles. The van der Waals surface area contributed by atoms with E-state index in [2.05, 4.69) is 38.9 Å². The van der Waals surface area contributed by atoms with Gasteiger partial charge in [0, 0.05) is 30.9 Å². The molecular formula is C39H45N7O5S. The van der Waals surface area contributed by atoms with E-state index in [1.807, 2.05) is 42.6 Å². The summed E-state index contributed by atoms with van der Waals surface area (Å²) in [4.78, 5) is 25.5. The molecule has 0 unspecified atom stereocenters. The molecule has 2 spiro atoms. The van der Waals surface area contributed by atoms with Crippen LogP contribution in [0.15, 0.2) is 71.9 Å². The molecular weight excluding hydrogens is 679 g/mol. The van der Waals surface area contributed by atoms with Crippen LogP contribution < -0.4 is 24.4 Å². The number of fused-ring (bicyclic) bond motifs is 7. The van der Waals surface area contributed by atoms with E-state index in [9.17, 15) is 13.2 Å². The van der Waals surface area contributed by atoms with Gasteiger partial charge in [-0.2, -0.15) is 8.42 Å². The monoisotopic (exact) mass is 723 g/mol. The standard InChI is InChI=1S/C39H45N7O5S/c1-37(2)23-27-9-6-20-40-34-29(51-25-26-7-4-3-5-8-26)11-13-33(42-34)52(48,49)44-36(47)28-10-12-31(41-35(28)45(37)24-27)46-21-14-32(43-46)50-22-15-30-38(16-17-38)39(30)18-19-39/h3-5,7-8,10-14,21,27,30H,6,9,15-20,22-25H2,1-2H3,(H,40,42)(H,44,47)/t27-/m0/s1. The number of ether oxygens (including phenoxy) is 2. The molecule has 4 bridgehead atoms. The van der Waals surface area contributed by atoms with E-state index in [4.69, 9.17) is 14.5 Å². The van der Waals surface area contributed by atoms with Crippen molar-refractivity contribution in [1.82, 2.24) is 24.5 Å². The van der Waals surface area contributed by atoms with E-state index < -0.39 is 15.9 Å². The summed E-state index contributed by atoms with van der Waals surface area (Å²) in [6.45, 7) is 6.48. The van der Waals surface area contributed by atoms with Gasteiger partial charge in [-0.05, 0) is 118 Å². The van der Waals surface area contributed by atoms with Gasteiger partial charge in [0.25, 0.3) is 15.9 Å². The lowest BCUT2D eigenvalue weighted by Crippen LogP contribution is -2.41. The van der Waals surface area contributed by atoms with Gasteiger partial charge in [0.15, 0.2) is 22.4 Å². The fourth-order valence-corrected chi connectivity index (χ4v) is 10.4. The molecule has 1 saturated heterocycles. The number of rotatable bonds is 8. The Morgan fingerprint density at radius 2 is 1.73 bits per heavy atom. The molecule has 3 aromatic heterocycles. The molecule has 5 aliphatic rings. The lowest BCUT2D eigenvalue weighted by Gasteiger charge is -2.34. The Morgan fingerprint density at radius 1 is 0.942 bits per heavy atom. The molecule has 4 fully saturated rings. The number of carbonyl (C=O) groups is 1. The highest BCUT2D eigenvalue weighted by atomic mass is 32.2. The maximum atomic E-state index is 13.9. The molecule has 3 saturated carbocycles. The summed E-state index contributed by atoms with van der Waals surface area (Å²) in [6, 6.07) is 17.8. The molecule has 12 nitrogen and oxygen atoms in total. The van der Waals surface area contributed by atoms with Crippen molar-refractivity contribution in [2.75, 3.05) is 29.9 Å². The van der Waals surface area contributed by atoms with Crippen LogP contribution in [0.4, 0.5) is 11.6 Å². The summed E-state index contributed by atoms with van der Waals surface area (Å²) >= 11 is 0. The summed E-state index contributed by atoms with van der Waals surface area (Å²) in [6.07, 6.45) is 11.1. The van der Waals surface area contributed by atoms with Gasteiger partial charge in [0.1, 0.15) is 12.4 Å². The molecule has 2 N–H and O–H groups in total. The number of anilines is 2. The maximum absolute atomic E-state index is 13.9. The van der Waals surface area contributed by atoms with Crippen LogP contribution in [0, 0.1) is 22.7 Å². The van der Waals surface area contributed by atoms with E-state index in [-0.39, 0.29) is 16.1 Å². The van der Waals surface area contributed by atoms with Gasteiger partial charge >= 0.3 is 0 Å². The van der Waals surface area contributed by atoms with Gasteiger partial charge in [0.2, 0.25) is 5.88 Å². The predicted octanol–water partition coefficient (Wildman–Crippen LogP) is 6.13. The molecule has 52 heavy (non-hydrogen) atoms. The smallest absolute Gasteiger partial charge is 0.281 e. The number of benzene rings is 1. The van der Waals surface area contributed by atoms with Gasteiger partial charge in [-0.15, -0.1) is 5.10 Å². The molecule has 9 rings (SSSR count). The number of carbonyl (C=O) groups excluding carboxylic acids is 1. The van der Waals surface area contributed by atoms with E-state index in [1.54, 1.807) is 22.9 Å². The summed E-state index contributed by atoms with van der Waals surface area (Å²) in [5, 5.41) is 7.69. The summed E-state index contributed by atoms with van der Waals surface area (Å²) < 4.78 is 43.4. The minimum absolute atomic E-state index is 0.160. The lowest BCUT2D eigenvalue weighted by molar-refractivity contribution is 0.0981. The zero-order valence-corrected chi connectivity index (χ0v) is 30.5. The third kappa shape index (κ3) is 5.86. The van der Waals surface area contributed by atoms with E-state index in [1.165, 1.54) is 31.7 Å². The highest BCUT2D eigenvalue weighted by molar-refractivity contribution is 7.90. The van der Waals surface area contributed by atoms with Crippen LogP contribution in [0.3, 0.4) is 0 Å². The molecule has 0 radical (unpaired) electrons. The first-order valence-electron chi connectivity index (χ1n) is 18.5. The lowest BCUT2D eigenvalue weighted by atomic mass is 9.93. The Balaban J connectivity index is 0.977. The zero-order chi connectivity index (χ0) is 35.7. The van der Waals surface area contributed by atoms with Crippen molar-refractivity contribution in [3.05, 3.63) is 78.0 Å². The van der Waals surface area contributed by atoms with Crippen LogP contribution in [0.1, 0.15) is 81.1 Å². The average molecular weight is 724 g/mol. The third-order valence-electron chi connectivity index (χ3n) is 12.2. The Morgan fingerprint density at radius 3 is 2.50 bits per heavy atom. The van der Waals surface area contributed by atoms with Crippen LogP contribution in [-0.4, -0.2) is 59.3 Å². The predicted molar refractivity (Wildman–Crippen MR) is 195 cm³/mol. The average Bonchev–Trinajstić information content (AvgIpc) is 4.08. The van der Waals surface area contributed by atoms with Gasteiger partial charge in [-0.25, -0.2) is 19.4 Å². The Bertz CT molecular complexity index is 2110. The van der Waals surface area contributed by atoms with Crippen molar-refractivity contribution in [1.29, 1.82) is 0 Å². The van der Waals surface area contributed by atoms with E-state index in [0.717, 1.165) is 37.2 Å². The van der Waals surface area contributed by atoms with Crippen molar-refractivity contribution >= 4 is 27.6 Å². The number of pyridine rings is 2. The number of nitrogens with one attached hydrogen (secondary N) is 2. The van der Waals surface area contributed by atoms with Crippen molar-refractivity contribution in [2.45, 2.75) is 82.4 Å². The molecule has 1 atom stereocenters. The van der Waals surface area contributed by atoms with Crippen LogP contribution in [0.2, 0.25) is 0 Å². The minimum Gasteiger partial charge on any atom is -0.485 e. The summed E-state index contributed by atoms with van der Waals surface area (Å²) in [5.41, 5.74) is 2.11. The molecule has 2 aliphatic heterocycles. The molecule has 5 heterocycles. The van der Waals surface area contributed by atoms with Gasteiger partial charge in [0.05, 0.1) is 12.2 Å². The number of amides is 1. The quantitative estimate of drug-likeness (QED) is 0.218. The fourth-order valence-electron chi connectivity index (χ4n) is 9.43. The van der Waals surface area contributed by atoms with Crippen LogP contribution >= 0.6 is 0 Å². The van der Waals surface area contributed by atoms with Gasteiger partial charge in [-0.3, -0.25) is 4.79 Å². The minimum atomic E-state index is -4.36. The number of hydrogen-bond donors (Lipinski definition) is 2. The Kier molecular flexibility index (Phi) is 7.80. The highest BCUT2D eigenvalue weighted by Crippen LogP contribution is 2.93. The third-order valence-corrected chi connectivity index (χ3v) is 13.5. The Labute approximate surface area is 304 Å². The topological polar surface area (TPSA) is 141 Å². The number of hydrogen-bond acceptors (Lipinski definition) is 10. The molecule has 272 valence electrons. The van der Waals surface area contributed by atoms with Crippen LogP contribution in [0.5, 0.6) is 11.6 Å². The zero-order valence-electron chi connectivity index (χ0n) is 29.7. The van der Waals surface area contributed by atoms with Crippen molar-refractivity contribution in [2.24, 2.45) is 22.7 Å². The summed E-state index contributed by atoms with van der Waals surface area (Å²) in [7, 11) is -4.36. The van der Waals surface area contributed by atoms with E-state index >= 15 is 0 Å². The molecule has 3 aliphatic carbocycles. The summed E-state index contributed by atoms with van der Waals surface area (Å²) in [5.74, 6) is 2.58. The molecule has 4 aromatic rings. The van der Waals surface area contributed by atoms with Gasteiger partial charge < -0.3 is 19.7 Å². The second-order valence-electron chi connectivity index (χ2n) is 15.9. The molecule has 13 heteroatoms. The number of nitrogens with zero attached hydrogens (tertiary/aromatic N) is 5. The second-order valence-corrected chi connectivity index (χ2v) is 17.5. The van der Waals surface area contributed by atoms with E-state index in [0.29, 0.717) is 72.1 Å². The van der Waals surface area contributed by atoms with Crippen LogP contribution in [-0.2, 0) is 16.6 Å². The first kappa shape index (κ1) is 33.2. The SMILES string of the molecule is CC1(C)C[C@@H]2CCCNc3nc(ccc3OCc3ccccc3)S(=O)(=O)NC(=O)c3ccc(-n4ccc(OCCC5C6(CC6)C56CC6)n4)nc3N1C2. The van der Waals surface area contributed by atoms with Crippen molar-refractivity contribution < 1.29 is 22.7 Å². The first-order chi connectivity index (χ1) is 25.1. The maximum Gasteiger partial charge on any atom is 0.281 e. The Hall–Kier alpha value is -4.65. The number of sulfonamides is 1. The van der Waals surface area contributed by atoms with Crippen molar-refractivity contribution in [3.8, 4) is 17.4 Å². The van der Waals surface area contributed by atoms with Gasteiger partial charge in [-0.1, -0.05) is 30.3 Å². The first-order valence-corrected chi connectivity index (χ1v) is 20.0. The highest BCUT2D eigenvalue weighted by Gasteiger charge is 2.85. The largest absolute Gasteiger partial charge is 0.485 e. The second kappa shape index (κ2) is 12.2. The molecule has 1 amide bonds.